The summed E-state index contributed by atoms with van der Waals surface area (Å²) >= 11 is 3.46. The van der Waals surface area contributed by atoms with Gasteiger partial charge in [0.15, 0.2) is 0 Å². The third-order valence-electron chi connectivity index (χ3n) is 2.86. The molecule has 0 aliphatic rings. The summed E-state index contributed by atoms with van der Waals surface area (Å²) in [5.41, 5.74) is 9.55. The molecule has 0 aromatic heterocycles. The van der Waals surface area contributed by atoms with Gasteiger partial charge in [-0.1, -0.05) is 34.1 Å². The molecule has 2 aromatic rings. The molecular formula is C14H13BrFN. The molecule has 0 radical (unpaired) electrons. The Kier molecular flexibility index (Phi) is 3.20. The van der Waals surface area contributed by atoms with Crippen LogP contribution < -0.4 is 5.73 Å². The average molecular weight is 294 g/mol. The van der Waals surface area contributed by atoms with Gasteiger partial charge in [-0.25, -0.2) is 4.39 Å². The molecule has 2 N–H and O–H groups in total. The first-order valence-electron chi connectivity index (χ1n) is 5.32. The minimum atomic E-state index is -0.147. The molecule has 3 heteroatoms. The van der Waals surface area contributed by atoms with E-state index in [9.17, 15) is 4.39 Å². The Morgan fingerprint density at radius 3 is 2.35 bits per heavy atom. The molecule has 0 fully saturated rings. The predicted octanol–water partition coefficient (Wildman–Crippen LogP) is 4.45. The number of halogens is 2. The second-order valence-electron chi connectivity index (χ2n) is 4.11. The highest BCUT2D eigenvalue weighted by Gasteiger charge is 2.11. The number of anilines is 1. The summed E-state index contributed by atoms with van der Waals surface area (Å²) < 4.78 is 14.7. The molecule has 88 valence electrons. The highest BCUT2D eigenvalue weighted by molar-refractivity contribution is 9.10. The SMILES string of the molecule is Cc1ccc(-c2ccc(N)cc2Br)c(C)c1F. The van der Waals surface area contributed by atoms with Crippen molar-refractivity contribution in [2.75, 3.05) is 5.73 Å². The standard InChI is InChI=1S/C14H13BrFN/c1-8-3-5-11(9(2)14(8)16)12-6-4-10(17)7-13(12)15/h3-7H,17H2,1-2H3. The highest BCUT2D eigenvalue weighted by Crippen LogP contribution is 2.33. The van der Waals surface area contributed by atoms with Crippen LogP contribution in [0.4, 0.5) is 10.1 Å². The molecule has 0 saturated heterocycles. The monoisotopic (exact) mass is 293 g/mol. The smallest absolute Gasteiger partial charge is 0.129 e. The minimum absolute atomic E-state index is 0.147. The van der Waals surface area contributed by atoms with Crippen molar-refractivity contribution in [3.05, 3.63) is 51.7 Å². The molecular weight excluding hydrogens is 281 g/mol. The summed E-state index contributed by atoms with van der Waals surface area (Å²) in [6, 6.07) is 9.27. The summed E-state index contributed by atoms with van der Waals surface area (Å²) in [5.74, 6) is -0.147. The lowest BCUT2D eigenvalue weighted by molar-refractivity contribution is 0.610. The van der Waals surface area contributed by atoms with Crippen LogP contribution in [0.3, 0.4) is 0 Å². The minimum Gasteiger partial charge on any atom is -0.399 e. The summed E-state index contributed by atoms with van der Waals surface area (Å²) in [6.07, 6.45) is 0. The van der Waals surface area contributed by atoms with Gasteiger partial charge in [-0.2, -0.15) is 0 Å². The number of aryl methyl sites for hydroxylation is 1. The Bertz CT molecular complexity index is 579. The van der Waals surface area contributed by atoms with E-state index in [1.165, 1.54) is 0 Å². The van der Waals surface area contributed by atoms with Gasteiger partial charge < -0.3 is 5.73 Å². The lowest BCUT2D eigenvalue weighted by Gasteiger charge is -2.11. The van der Waals surface area contributed by atoms with Gasteiger partial charge in [-0.15, -0.1) is 0 Å². The number of nitrogens with two attached hydrogens (primary N) is 1. The van der Waals surface area contributed by atoms with Gasteiger partial charge >= 0.3 is 0 Å². The van der Waals surface area contributed by atoms with E-state index in [0.717, 1.165) is 15.6 Å². The van der Waals surface area contributed by atoms with Crippen molar-refractivity contribution >= 4 is 21.6 Å². The Balaban J connectivity index is 2.65. The van der Waals surface area contributed by atoms with Crippen LogP contribution in [0.5, 0.6) is 0 Å². The predicted molar refractivity (Wildman–Crippen MR) is 73.4 cm³/mol. The molecule has 2 rings (SSSR count). The van der Waals surface area contributed by atoms with Gasteiger partial charge in [0, 0.05) is 10.2 Å². The fourth-order valence-corrected chi connectivity index (χ4v) is 2.47. The van der Waals surface area contributed by atoms with Crippen molar-refractivity contribution in [1.82, 2.24) is 0 Å². The molecule has 0 bridgehead atoms. The summed E-state index contributed by atoms with van der Waals surface area (Å²) in [6.45, 7) is 3.56. The molecule has 0 spiro atoms. The summed E-state index contributed by atoms with van der Waals surface area (Å²) in [5, 5.41) is 0. The van der Waals surface area contributed by atoms with Crippen LogP contribution in [0.25, 0.3) is 11.1 Å². The maximum absolute atomic E-state index is 13.8. The maximum atomic E-state index is 13.8. The molecule has 2 aromatic carbocycles. The van der Waals surface area contributed by atoms with E-state index in [0.29, 0.717) is 16.8 Å². The van der Waals surface area contributed by atoms with Gasteiger partial charge in [-0.3, -0.25) is 0 Å². The Hall–Kier alpha value is -1.35. The second-order valence-corrected chi connectivity index (χ2v) is 4.96. The Labute approximate surface area is 109 Å². The summed E-state index contributed by atoms with van der Waals surface area (Å²) in [4.78, 5) is 0. The van der Waals surface area contributed by atoms with Gasteiger partial charge in [0.2, 0.25) is 0 Å². The largest absolute Gasteiger partial charge is 0.399 e. The third-order valence-corrected chi connectivity index (χ3v) is 3.52. The zero-order valence-electron chi connectivity index (χ0n) is 9.72. The van der Waals surface area contributed by atoms with Crippen LogP contribution >= 0.6 is 15.9 Å². The second kappa shape index (κ2) is 4.49. The van der Waals surface area contributed by atoms with E-state index < -0.39 is 0 Å². The van der Waals surface area contributed by atoms with Crippen LogP contribution in [0.15, 0.2) is 34.8 Å². The van der Waals surface area contributed by atoms with Crippen LogP contribution in [0.2, 0.25) is 0 Å². The average Bonchev–Trinajstić information content (AvgIpc) is 2.28. The molecule has 0 heterocycles. The molecule has 0 aliphatic carbocycles. The molecule has 17 heavy (non-hydrogen) atoms. The highest BCUT2D eigenvalue weighted by atomic mass is 79.9. The zero-order chi connectivity index (χ0) is 12.6. The number of rotatable bonds is 1. The van der Waals surface area contributed by atoms with Crippen molar-refractivity contribution in [1.29, 1.82) is 0 Å². The number of benzene rings is 2. The van der Waals surface area contributed by atoms with Gasteiger partial charge in [0.25, 0.3) is 0 Å². The van der Waals surface area contributed by atoms with E-state index in [-0.39, 0.29) is 5.82 Å². The van der Waals surface area contributed by atoms with Crippen molar-refractivity contribution < 1.29 is 4.39 Å². The normalized spacial score (nSPS) is 10.6. The first kappa shape index (κ1) is 12.1. The van der Waals surface area contributed by atoms with Crippen molar-refractivity contribution in [2.24, 2.45) is 0 Å². The quantitative estimate of drug-likeness (QED) is 0.772. The molecule has 0 saturated carbocycles. The van der Waals surface area contributed by atoms with Gasteiger partial charge in [0.1, 0.15) is 5.82 Å². The van der Waals surface area contributed by atoms with E-state index in [2.05, 4.69) is 15.9 Å². The van der Waals surface area contributed by atoms with Crippen LogP contribution in [-0.4, -0.2) is 0 Å². The molecule has 0 unspecified atom stereocenters. The van der Waals surface area contributed by atoms with Crippen molar-refractivity contribution in [3.8, 4) is 11.1 Å². The molecule has 0 aliphatic heterocycles. The molecule has 0 amide bonds. The van der Waals surface area contributed by atoms with Crippen molar-refractivity contribution in [2.45, 2.75) is 13.8 Å². The molecule has 0 atom stereocenters. The Morgan fingerprint density at radius 1 is 1.06 bits per heavy atom. The fourth-order valence-electron chi connectivity index (χ4n) is 1.86. The topological polar surface area (TPSA) is 26.0 Å². The third kappa shape index (κ3) is 2.20. The first-order chi connectivity index (χ1) is 8.00. The van der Waals surface area contributed by atoms with Crippen molar-refractivity contribution in [3.63, 3.8) is 0 Å². The molecule has 1 nitrogen and oxygen atoms in total. The van der Waals surface area contributed by atoms with E-state index in [1.54, 1.807) is 19.9 Å². The number of hydrogen-bond donors (Lipinski definition) is 1. The van der Waals surface area contributed by atoms with Crippen LogP contribution in [0.1, 0.15) is 11.1 Å². The van der Waals surface area contributed by atoms with Crippen LogP contribution in [-0.2, 0) is 0 Å². The first-order valence-corrected chi connectivity index (χ1v) is 6.11. The van der Waals surface area contributed by atoms with E-state index in [1.807, 2.05) is 24.3 Å². The number of nitrogen functional groups attached to an aromatic ring is 1. The maximum Gasteiger partial charge on any atom is 0.129 e. The Morgan fingerprint density at radius 2 is 1.71 bits per heavy atom. The van der Waals surface area contributed by atoms with Crippen LogP contribution in [0, 0.1) is 19.7 Å². The van der Waals surface area contributed by atoms with Gasteiger partial charge in [0.05, 0.1) is 0 Å². The van der Waals surface area contributed by atoms with Gasteiger partial charge in [-0.05, 0) is 48.2 Å². The summed E-state index contributed by atoms with van der Waals surface area (Å²) in [7, 11) is 0. The number of hydrogen-bond acceptors (Lipinski definition) is 1. The zero-order valence-corrected chi connectivity index (χ0v) is 11.3. The lowest BCUT2D eigenvalue weighted by Crippen LogP contribution is -1.93. The lowest BCUT2D eigenvalue weighted by atomic mass is 9.98. The van der Waals surface area contributed by atoms with E-state index in [4.69, 9.17) is 5.73 Å². The van der Waals surface area contributed by atoms with E-state index >= 15 is 0 Å². The fraction of sp³-hybridized carbons (Fsp3) is 0.143.